The first kappa shape index (κ1) is 20.3. The molecule has 0 saturated carbocycles. The molecule has 3 aromatic rings. The van der Waals surface area contributed by atoms with E-state index < -0.39 is 0 Å². The van der Waals surface area contributed by atoms with Gasteiger partial charge in [-0.25, -0.2) is 4.68 Å². The van der Waals surface area contributed by atoms with E-state index in [-0.39, 0.29) is 17.9 Å². The third-order valence-corrected chi connectivity index (χ3v) is 6.15. The zero-order chi connectivity index (χ0) is 21.3. The molecule has 1 saturated heterocycles. The Morgan fingerprint density at radius 2 is 1.87 bits per heavy atom. The second-order valence-corrected chi connectivity index (χ2v) is 8.24. The second kappa shape index (κ2) is 8.42. The van der Waals surface area contributed by atoms with Crippen molar-refractivity contribution in [1.29, 1.82) is 0 Å². The molecule has 0 spiro atoms. The van der Waals surface area contributed by atoms with Gasteiger partial charge in [0.15, 0.2) is 5.82 Å². The van der Waals surface area contributed by atoms with E-state index in [9.17, 15) is 4.79 Å². The zero-order valence-corrected chi connectivity index (χ0v) is 18.2. The number of nitrogens with zero attached hydrogens (tertiary/aromatic N) is 5. The van der Waals surface area contributed by atoms with E-state index in [2.05, 4.69) is 53.3 Å². The van der Waals surface area contributed by atoms with Crippen molar-refractivity contribution in [3.63, 3.8) is 0 Å². The van der Waals surface area contributed by atoms with Crippen LogP contribution >= 0.6 is 0 Å². The van der Waals surface area contributed by atoms with Gasteiger partial charge in [-0.1, -0.05) is 25.1 Å². The normalized spacial score (nSPS) is 16.1. The summed E-state index contributed by atoms with van der Waals surface area (Å²) in [7, 11) is 0. The predicted octanol–water partition coefficient (Wildman–Crippen LogP) is 3.56. The summed E-state index contributed by atoms with van der Waals surface area (Å²) in [6.45, 7) is 9.76. The summed E-state index contributed by atoms with van der Waals surface area (Å²) < 4.78 is 1.97. The Morgan fingerprint density at radius 3 is 2.53 bits per heavy atom. The molecule has 1 aromatic carbocycles. The molecule has 1 aliphatic rings. The molecule has 1 amide bonds. The molecule has 30 heavy (non-hydrogen) atoms. The van der Waals surface area contributed by atoms with Crippen LogP contribution in [0, 0.1) is 19.8 Å². The summed E-state index contributed by atoms with van der Waals surface area (Å²) in [4.78, 5) is 14.7. The van der Waals surface area contributed by atoms with E-state index in [1.54, 1.807) is 0 Å². The highest BCUT2D eigenvalue weighted by Crippen LogP contribution is 2.31. The van der Waals surface area contributed by atoms with Gasteiger partial charge in [-0.05, 0) is 52.2 Å². The fourth-order valence-corrected chi connectivity index (χ4v) is 4.16. The molecule has 1 fully saturated rings. The average Bonchev–Trinajstić information content (AvgIpc) is 3.12. The van der Waals surface area contributed by atoms with Crippen LogP contribution in [0.25, 0.3) is 16.6 Å². The number of aromatic nitrogens is 4. The van der Waals surface area contributed by atoms with Gasteiger partial charge >= 0.3 is 0 Å². The van der Waals surface area contributed by atoms with E-state index in [4.69, 9.17) is 5.10 Å². The third-order valence-electron chi connectivity index (χ3n) is 6.15. The van der Waals surface area contributed by atoms with Gasteiger partial charge in [-0.2, -0.15) is 10.2 Å². The summed E-state index contributed by atoms with van der Waals surface area (Å²) in [5.41, 5.74) is 3.85. The quantitative estimate of drug-likeness (QED) is 0.701. The Balaban J connectivity index is 1.60. The molecule has 1 aliphatic heterocycles. The number of rotatable bonds is 5. The van der Waals surface area contributed by atoms with Crippen LogP contribution in [0.3, 0.4) is 0 Å². The van der Waals surface area contributed by atoms with Crippen molar-refractivity contribution < 1.29 is 4.79 Å². The van der Waals surface area contributed by atoms with Crippen LogP contribution in [0.2, 0.25) is 0 Å². The lowest BCUT2D eigenvalue weighted by Gasteiger charge is -2.32. The maximum atomic E-state index is 12.5. The predicted molar refractivity (Wildman–Crippen MR) is 119 cm³/mol. The van der Waals surface area contributed by atoms with Crippen LogP contribution in [0.15, 0.2) is 30.3 Å². The SMILES string of the molecule is CCC(C)NC(=O)C1CCN(c2nnc(C)c3c(C)n(-c4ccccc4)nc23)CC1. The fourth-order valence-electron chi connectivity index (χ4n) is 4.16. The highest BCUT2D eigenvalue weighted by Gasteiger charge is 2.28. The largest absolute Gasteiger partial charge is 0.353 e. The van der Waals surface area contributed by atoms with E-state index >= 15 is 0 Å². The minimum absolute atomic E-state index is 0.0627. The Morgan fingerprint density at radius 1 is 1.17 bits per heavy atom. The number of hydrogen-bond donors (Lipinski definition) is 1. The summed E-state index contributed by atoms with van der Waals surface area (Å²) >= 11 is 0. The van der Waals surface area contributed by atoms with E-state index in [0.717, 1.165) is 66.1 Å². The van der Waals surface area contributed by atoms with Gasteiger partial charge in [0.2, 0.25) is 5.91 Å². The van der Waals surface area contributed by atoms with Gasteiger partial charge in [0.1, 0.15) is 5.52 Å². The van der Waals surface area contributed by atoms with Gasteiger partial charge in [-0.3, -0.25) is 4.79 Å². The average molecular weight is 407 g/mol. The van der Waals surface area contributed by atoms with Crippen LogP contribution in [0.1, 0.15) is 44.5 Å². The van der Waals surface area contributed by atoms with Crippen LogP contribution in [0.5, 0.6) is 0 Å². The summed E-state index contributed by atoms with van der Waals surface area (Å²) in [6, 6.07) is 10.4. The number of aryl methyl sites for hydroxylation is 2. The standard InChI is InChI=1S/C23H30N6O/c1-5-15(2)24-23(30)18-11-13-28(14-12-18)22-21-20(16(3)25-26-22)17(4)29(27-21)19-9-7-6-8-10-19/h6-10,15,18H,5,11-14H2,1-4H3,(H,24,30). The Hall–Kier alpha value is -2.96. The molecule has 1 atom stereocenters. The van der Waals surface area contributed by atoms with Crippen molar-refractivity contribution in [1.82, 2.24) is 25.3 Å². The summed E-state index contributed by atoms with van der Waals surface area (Å²) in [5, 5.41) is 18.0. The molecule has 0 radical (unpaired) electrons. The molecule has 7 nitrogen and oxygen atoms in total. The number of carbonyl (C=O) groups is 1. The van der Waals surface area contributed by atoms with E-state index in [1.165, 1.54) is 0 Å². The fraction of sp³-hybridized carbons (Fsp3) is 0.478. The van der Waals surface area contributed by atoms with E-state index in [1.807, 2.05) is 29.8 Å². The number of nitrogens with one attached hydrogen (secondary N) is 1. The van der Waals surface area contributed by atoms with Gasteiger partial charge in [0, 0.05) is 25.0 Å². The number of amides is 1. The maximum Gasteiger partial charge on any atom is 0.223 e. The molecular weight excluding hydrogens is 376 g/mol. The van der Waals surface area contributed by atoms with Crippen molar-refractivity contribution >= 4 is 22.6 Å². The molecule has 0 bridgehead atoms. The summed E-state index contributed by atoms with van der Waals surface area (Å²) in [5.74, 6) is 1.05. The number of hydrogen-bond acceptors (Lipinski definition) is 5. The molecule has 2 aromatic heterocycles. The van der Waals surface area contributed by atoms with Crippen LogP contribution < -0.4 is 10.2 Å². The first-order chi connectivity index (χ1) is 14.5. The topological polar surface area (TPSA) is 75.9 Å². The van der Waals surface area contributed by atoms with Crippen molar-refractivity contribution in [2.45, 2.75) is 53.0 Å². The minimum atomic E-state index is 0.0627. The van der Waals surface area contributed by atoms with Gasteiger partial charge < -0.3 is 10.2 Å². The molecule has 7 heteroatoms. The first-order valence-electron chi connectivity index (χ1n) is 10.8. The molecule has 3 heterocycles. The summed E-state index contributed by atoms with van der Waals surface area (Å²) in [6.07, 6.45) is 2.58. The van der Waals surface area contributed by atoms with Gasteiger partial charge in [0.25, 0.3) is 0 Å². The number of para-hydroxylation sites is 1. The molecule has 4 rings (SSSR count). The second-order valence-electron chi connectivity index (χ2n) is 8.24. The van der Waals surface area contributed by atoms with Gasteiger partial charge in [0.05, 0.1) is 22.5 Å². The number of benzene rings is 1. The molecule has 1 N–H and O–H groups in total. The van der Waals surface area contributed by atoms with Crippen LogP contribution in [0.4, 0.5) is 5.82 Å². The van der Waals surface area contributed by atoms with Crippen molar-refractivity contribution in [3.05, 3.63) is 41.7 Å². The molecule has 158 valence electrons. The van der Waals surface area contributed by atoms with Crippen molar-refractivity contribution in [3.8, 4) is 5.69 Å². The monoisotopic (exact) mass is 406 g/mol. The first-order valence-corrected chi connectivity index (χ1v) is 10.8. The number of carbonyl (C=O) groups excluding carboxylic acids is 1. The Bertz CT molecular complexity index is 1040. The minimum Gasteiger partial charge on any atom is -0.353 e. The highest BCUT2D eigenvalue weighted by molar-refractivity contribution is 5.92. The molecular formula is C23H30N6O. The zero-order valence-electron chi connectivity index (χ0n) is 18.2. The van der Waals surface area contributed by atoms with Crippen molar-refractivity contribution in [2.24, 2.45) is 5.92 Å². The third kappa shape index (κ3) is 3.76. The Kier molecular flexibility index (Phi) is 5.70. The maximum absolute atomic E-state index is 12.5. The molecule has 1 unspecified atom stereocenters. The number of anilines is 1. The lowest BCUT2D eigenvalue weighted by molar-refractivity contribution is -0.126. The van der Waals surface area contributed by atoms with E-state index in [0.29, 0.717) is 0 Å². The van der Waals surface area contributed by atoms with Crippen LogP contribution in [-0.4, -0.2) is 45.0 Å². The number of fused-ring (bicyclic) bond motifs is 1. The highest BCUT2D eigenvalue weighted by atomic mass is 16.1. The van der Waals surface area contributed by atoms with Crippen LogP contribution in [-0.2, 0) is 4.79 Å². The smallest absolute Gasteiger partial charge is 0.223 e. The van der Waals surface area contributed by atoms with Crippen molar-refractivity contribution in [2.75, 3.05) is 18.0 Å². The lowest BCUT2D eigenvalue weighted by atomic mass is 9.95. The lowest BCUT2D eigenvalue weighted by Crippen LogP contribution is -2.43. The number of piperidine rings is 1. The Labute approximate surface area is 177 Å². The molecule has 0 aliphatic carbocycles. The van der Waals surface area contributed by atoms with Gasteiger partial charge in [-0.15, -0.1) is 5.10 Å².